The van der Waals surface area contributed by atoms with Crippen LogP contribution in [0.15, 0.2) is 66.7 Å². The van der Waals surface area contributed by atoms with Crippen LogP contribution >= 0.6 is 0 Å². The van der Waals surface area contributed by atoms with Crippen LogP contribution in [0.2, 0.25) is 0 Å². The molecular weight excluding hydrogens is 412 g/mol. The number of nitrogens with zero attached hydrogens (tertiary/aromatic N) is 2. The molecule has 1 aliphatic heterocycles. The summed E-state index contributed by atoms with van der Waals surface area (Å²) < 4.78 is 6.01. The molecule has 0 aromatic heterocycles. The molecular formula is C28H32N2O3. The Morgan fingerprint density at radius 1 is 1.03 bits per heavy atom. The van der Waals surface area contributed by atoms with Crippen LogP contribution in [-0.2, 0) is 4.74 Å². The van der Waals surface area contributed by atoms with Gasteiger partial charge in [0.15, 0.2) is 0 Å². The summed E-state index contributed by atoms with van der Waals surface area (Å²) in [4.78, 5) is 30.4. The van der Waals surface area contributed by atoms with Crippen LogP contribution in [0.1, 0.15) is 40.1 Å². The maximum atomic E-state index is 13.6. The Balaban J connectivity index is 1.51. The monoisotopic (exact) mass is 444 g/mol. The molecule has 1 fully saturated rings. The van der Waals surface area contributed by atoms with Gasteiger partial charge in [0.1, 0.15) is 0 Å². The summed E-state index contributed by atoms with van der Waals surface area (Å²) >= 11 is 0. The van der Waals surface area contributed by atoms with Crippen molar-refractivity contribution in [3.8, 4) is 0 Å². The molecule has 0 N–H and O–H groups in total. The van der Waals surface area contributed by atoms with Gasteiger partial charge in [0.05, 0.1) is 12.7 Å². The van der Waals surface area contributed by atoms with Gasteiger partial charge in [-0.05, 0) is 41.8 Å². The predicted octanol–water partition coefficient (Wildman–Crippen LogP) is 4.79. The van der Waals surface area contributed by atoms with Crippen molar-refractivity contribution in [3.05, 3.63) is 83.4 Å². The molecule has 0 bridgehead atoms. The second kappa shape index (κ2) is 10.2. The fraction of sp³-hybridized carbons (Fsp3) is 0.357. The van der Waals surface area contributed by atoms with Gasteiger partial charge in [0.25, 0.3) is 11.8 Å². The highest BCUT2D eigenvalue weighted by Crippen LogP contribution is 2.21. The minimum absolute atomic E-state index is 0.00563. The number of rotatable bonds is 6. The smallest absolute Gasteiger partial charge is 0.254 e. The molecule has 4 rings (SSSR count). The van der Waals surface area contributed by atoms with E-state index in [0.717, 1.165) is 16.3 Å². The van der Waals surface area contributed by atoms with E-state index in [4.69, 9.17) is 4.74 Å². The molecule has 1 saturated heterocycles. The second-order valence-corrected chi connectivity index (χ2v) is 9.24. The summed E-state index contributed by atoms with van der Waals surface area (Å²) in [6.07, 6.45) is -0.217. The summed E-state index contributed by atoms with van der Waals surface area (Å²) in [7, 11) is 0. The number of carbonyl (C=O) groups is 2. The van der Waals surface area contributed by atoms with Crippen LogP contribution in [0.3, 0.4) is 0 Å². The Morgan fingerprint density at radius 3 is 2.52 bits per heavy atom. The van der Waals surface area contributed by atoms with Crippen molar-refractivity contribution < 1.29 is 14.3 Å². The van der Waals surface area contributed by atoms with Crippen molar-refractivity contribution in [2.75, 3.05) is 32.8 Å². The van der Waals surface area contributed by atoms with Crippen LogP contribution in [0.5, 0.6) is 0 Å². The highest BCUT2D eigenvalue weighted by atomic mass is 16.5. The molecule has 33 heavy (non-hydrogen) atoms. The quantitative estimate of drug-likeness (QED) is 0.549. The SMILES string of the molecule is Cc1ccc(C(=O)N2CCO[C@H](CN(CC(C)C)C(=O)c3cccc4ccccc34)C2)cc1. The molecule has 5 heteroatoms. The number of ether oxygens (including phenoxy) is 1. The molecule has 1 atom stereocenters. The first-order chi connectivity index (χ1) is 15.9. The van der Waals surface area contributed by atoms with Crippen molar-refractivity contribution in [1.82, 2.24) is 9.80 Å². The Hall–Kier alpha value is -3.18. The lowest BCUT2D eigenvalue weighted by Gasteiger charge is -2.36. The number of hydrogen-bond donors (Lipinski definition) is 0. The zero-order valence-corrected chi connectivity index (χ0v) is 19.7. The van der Waals surface area contributed by atoms with Gasteiger partial charge in [-0.15, -0.1) is 0 Å². The van der Waals surface area contributed by atoms with E-state index in [1.165, 1.54) is 0 Å². The fourth-order valence-corrected chi connectivity index (χ4v) is 4.40. The number of carbonyl (C=O) groups excluding carboxylic acids is 2. The number of fused-ring (bicyclic) bond motifs is 1. The molecule has 0 saturated carbocycles. The van der Waals surface area contributed by atoms with Crippen molar-refractivity contribution in [1.29, 1.82) is 0 Å². The average molecular weight is 445 g/mol. The average Bonchev–Trinajstić information content (AvgIpc) is 2.83. The van der Waals surface area contributed by atoms with Crippen LogP contribution in [0, 0.1) is 12.8 Å². The molecule has 0 spiro atoms. The Labute approximate surface area is 195 Å². The van der Waals surface area contributed by atoms with Crippen LogP contribution in [0.4, 0.5) is 0 Å². The van der Waals surface area contributed by atoms with E-state index in [-0.39, 0.29) is 17.9 Å². The summed E-state index contributed by atoms with van der Waals surface area (Å²) in [6.45, 7) is 8.83. The number of benzene rings is 3. The predicted molar refractivity (Wildman–Crippen MR) is 132 cm³/mol. The Kier molecular flexibility index (Phi) is 7.09. The van der Waals surface area contributed by atoms with E-state index < -0.39 is 0 Å². The van der Waals surface area contributed by atoms with Gasteiger partial charge in [0.2, 0.25) is 0 Å². The standard InChI is InChI=1S/C28H32N2O3/c1-20(2)17-30(28(32)26-10-6-8-22-7-4-5-9-25(22)26)19-24-18-29(15-16-33-24)27(31)23-13-11-21(3)12-14-23/h4-14,20,24H,15-19H2,1-3H3/t24-/m0/s1. The van der Waals surface area contributed by atoms with E-state index in [1.807, 2.05) is 83.5 Å². The van der Waals surface area contributed by atoms with E-state index in [9.17, 15) is 9.59 Å². The van der Waals surface area contributed by atoms with E-state index in [2.05, 4.69) is 13.8 Å². The number of aryl methyl sites for hydroxylation is 1. The summed E-state index contributed by atoms with van der Waals surface area (Å²) in [5.41, 5.74) is 2.52. The molecule has 1 heterocycles. The first-order valence-electron chi connectivity index (χ1n) is 11.7. The molecule has 3 aromatic rings. The molecule has 0 aliphatic carbocycles. The highest BCUT2D eigenvalue weighted by Gasteiger charge is 2.29. The van der Waals surface area contributed by atoms with Gasteiger partial charge in [-0.1, -0.05) is 67.9 Å². The zero-order valence-electron chi connectivity index (χ0n) is 19.7. The third kappa shape index (κ3) is 5.42. The third-order valence-electron chi connectivity index (χ3n) is 6.04. The highest BCUT2D eigenvalue weighted by molar-refractivity contribution is 6.07. The lowest BCUT2D eigenvalue weighted by atomic mass is 10.0. The molecule has 3 aromatic carbocycles. The first-order valence-corrected chi connectivity index (χ1v) is 11.7. The van der Waals surface area contributed by atoms with Gasteiger partial charge in [0, 0.05) is 37.3 Å². The van der Waals surface area contributed by atoms with E-state index >= 15 is 0 Å². The molecule has 2 amide bonds. The minimum Gasteiger partial charge on any atom is -0.373 e. The molecule has 0 radical (unpaired) electrons. The number of morpholine rings is 1. The van der Waals surface area contributed by atoms with Crippen molar-refractivity contribution in [2.24, 2.45) is 5.92 Å². The van der Waals surface area contributed by atoms with Crippen molar-refractivity contribution in [2.45, 2.75) is 26.9 Å². The lowest BCUT2D eigenvalue weighted by Crippen LogP contribution is -2.51. The maximum Gasteiger partial charge on any atom is 0.254 e. The van der Waals surface area contributed by atoms with E-state index in [0.29, 0.717) is 49.8 Å². The molecule has 1 aliphatic rings. The van der Waals surface area contributed by atoms with Crippen LogP contribution in [0.25, 0.3) is 10.8 Å². The molecule has 0 unspecified atom stereocenters. The fourth-order valence-electron chi connectivity index (χ4n) is 4.40. The van der Waals surface area contributed by atoms with Gasteiger partial charge < -0.3 is 14.5 Å². The number of amides is 2. The largest absolute Gasteiger partial charge is 0.373 e. The molecule has 172 valence electrons. The van der Waals surface area contributed by atoms with Crippen molar-refractivity contribution >= 4 is 22.6 Å². The minimum atomic E-state index is -0.217. The maximum absolute atomic E-state index is 13.6. The van der Waals surface area contributed by atoms with Gasteiger partial charge >= 0.3 is 0 Å². The van der Waals surface area contributed by atoms with E-state index in [1.54, 1.807) is 0 Å². The summed E-state index contributed by atoms with van der Waals surface area (Å²) in [6, 6.07) is 21.5. The normalized spacial score (nSPS) is 16.2. The third-order valence-corrected chi connectivity index (χ3v) is 6.04. The Bertz CT molecular complexity index is 1120. The van der Waals surface area contributed by atoms with Gasteiger partial charge in [-0.25, -0.2) is 0 Å². The summed E-state index contributed by atoms with van der Waals surface area (Å²) in [5.74, 6) is 0.336. The summed E-state index contributed by atoms with van der Waals surface area (Å²) in [5, 5.41) is 2.01. The van der Waals surface area contributed by atoms with Gasteiger partial charge in [-0.2, -0.15) is 0 Å². The topological polar surface area (TPSA) is 49.9 Å². The van der Waals surface area contributed by atoms with Crippen LogP contribution in [-0.4, -0.2) is 60.5 Å². The zero-order chi connectivity index (χ0) is 23.4. The Morgan fingerprint density at radius 2 is 1.76 bits per heavy atom. The van der Waals surface area contributed by atoms with Crippen LogP contribution < -0.4 is 0 Å². The van der Waals surface area contributed by atoms with Crippen molar-refractivity contribution in [3.63, 3.8) is 0 Å². The first kappa shape index (κ1) is 23.0. The lowest BCUT2D eigenvalue weighted by molar-refractivity contribution is -0.0339. The molecule has 5 nitrogen and oxygen atoms in total. The van der Waals surface area contributed by atoms with Gasteiger partial charge in [-0.3, -0.25) is 9.59 Å². The second-order valence-electron chi connectivity index (χ2n) is 9.24. The number of hydrogen-bond acceptors (Lipinski definition) is 3.